The Morgan fingerprint density at radius 3 is 1.45 bits per heavy atom. The zero-order chi connectivity index (χ0) is 17.6. The van der Waals surface area contributed by atoms with Crippen molar-refractivity contribution in [2.75, 3.05) is 6.61 Å². The number of hydrogen-bond acceptors (Lipinski definition) is 1. The summed E-state index contributed by atoms with van der Waals surface area (Å²) in [5, 5.41) is 0. The first-order chi connectivity index (χ1) is 9.59. The van der Waals surface area contributed by atoms with Gasteiger partial charge in [-0.05, 0) is 6.92 Å². The molecule has 0 unspecified atom stereocenters. The van der Waals surface area contributed by atoms with E-state index in [0.717, 1.165) is 0 Å². The minimum atomic E-state index is -6.18. The summed E-state index contributed by atoms with van der Waals surface area (Å²) in [6.45, 7) is -0.586. The molecule has 22 heavy (non-hydrogen) atoms. The Balaban J connectivity index is 2.76. The molecule has 0 aromatic carbocycles. The van der Waals surface area contributed by atoms with E-state index in [1.54, 1.807) is 0 Å². The zero-order valence-electron chi connectivity index (χ0n) is 10.3. The van der Waals surface area contributed by atoms with Crippen molar-refractivity contribution < 1.29 is 53.0 Å². The third-order valence-corrected chi connectivity index (χ3v) is 3.59. The van der Waals surface area contributed by atoms with E-state index >= 15 is 0 Å². The standard InChI is InChI=1S/C10H5F11O/c1-2-22-5(3-4(11)7(14,15)6(3,12)13)8(16,17)10(20,21)9(5,18)19/h2H2,1H3. The van der Waals surface area contributed by atoms with Gasteiger partial charge in [-0.15, -0.1) is 0 Å². The Morgan fingerprint density at radius 2 is 1.14 bits per heavy atom. The maximum absolute atomic E-state index is 13.4. The molecular formula is C10H5F11O. The predicted octanol–water partition coefficient (Wildman–Crippen LogP) is 4.19. The number of rotatable bonds is 3. The monoisotopic (exact) mass is 350 g/mol. The lowest BCUT2D eigenvalue weighted by molar-refractivity contribution is -0.492. The summed E-state index contributed by atoms with van der Waals surface area (Å²) < 4.78 is 148. The molecule has 0 radical (unpaired) electrons. The van der Waals surface area contributed by atoms with Crippen LogP contribution < -0.4 is 0 Å². The Labute approximate surface area is 114 Å². The fourth-order valence-electron chi connectivity index (χ4n) is 2.46. The Kier molecular flexibility index (Phi) is 3.04. The van der Waals surface area contributed by atoms with Gasteiger partial charge >= 0.3 is 29.6 Å². The normalized spacial score (nSPS) is 32.2. The van der Waals surface area contributed by atoms with Gasteiger partial charge in [0.25, 0.3) is 0 Å². The Bertz CT molecular complexity index is 529. The van der Waals surface area contributed by atoms with Crippen LogP contribution in [0.1, 0.15) is 6.92 Å². The number of halogens is 11. The molecule has 0 aromatic rings. The highest BCUT2D eigenvalue weighted by molar-refractivity contribution is 5.54. The number of hydrogen-bond donors (Lipinski definition) is 0. The molecular weight excluding hydrogens is 345 g/mol. The van der Waals surface area contributed by atoms with Crippen LogP contribution in [0.2, 0.25) is 0 Å². The molecule has 12 heteroatoms. The molecule has 0 bridgehead atoms. The molecule has 1 saturated carbocycles. The molecule has 0 aromatic heterocycles. The molecule has 0 amide bonds. The largest absolute Gasteiger partial charge is 0.379 e. The van der Waals surface area contributed by atoms with Crippen molar-refractivity contribution in [1.82, 2.24) is 0 Å². The highest BCUT2D eigenvalue weighted by atomic mass is 19.4. The van der Waals surface area contributed by atoms with Crippen molar-refractivity contribution >= 4 is 0 Å². The average Bonchev–Trinajstić information content (AvgIpc) is 2.35. The minimum Gasteiger partial charge on any atom is -0.358 e. The first-order valence-corrected chi connectivity index (χ1v) is 5.53. The number of ether oxygens (including phenoxy) is 1. The quantitative estimate of drug-likeness (QED) is 0.694. The minimum absolute atomic E-state index is 0.678. The van der Waals surface area contributed by atoms with E-state index in [1.807, 2.05) is 0 Å². The first-order valence-electron chi connectivity index (χ1n) is 5.53. The summed E-state index contributed by atoms with van der Waals surface area (Å²) in [7, 11) is 0. The zero-order valence-corrected chi connectivity index (χ0v) is 10.3. The van der Waals surface area contributed by atoms with Crippen molar-refractivity contribution in [3.63, 3.8) is 0 Å². The van der Waals surface area contributed by atoms with Crippen molar-refractivity contribution in [1.29, 1.82) is 0 Å². The average molecular weight is 350 g/mol. The third-order valence-electron chi connectivity index (χ3n) is 3.59. The van der Waals surface area contributed by atoms with E-state index in [2.05, 4.69) is 4.74 Å². The van der Waals surface area contributed by atoms with Crippen LogP contribution in [0, 0.1) is 0 Å². The van der Waals surface area contributed by atoms with Gasteiger partial charge in [0.1, 0.15) is 0 Å². The van der Waals surface area contributed by atoms with Crippen molar-refractivity contribution in [2.24, 2.45) is 0 Å². The highest BCUT2D eigenvalue weighted by Gasteiger charge is 3.04. The second-order valence-corrected chi connectivity index (χ2v) is 4.68. The van der Waals surface area contributed by atoms with E-state index in [9.17, 15) is 48.3 Å². The van der Waals surface area contributed by atoms with Gasteiger partial charge in [-0.1, -0.05) is 0 Å². The van der Waals surface area contributed by atoms with Crippen LogP contribution in [0.15, 0.2) is 11.4 Å². The Hall–Kier alpha value is -1.07. The molecule has 0 heterocycles. The topological polar surface area (TPSA) is 9.23 Å². The maximum atomic E-state index is 13.4. The number of alkyl halides is 10. The van der Waals surface area contributed by atoms with Crippen LogP contribution in [-0.4, -0.2) is 41.8 Å². The second kappa shape index (κ2) is 3.88. The smallest absolute Gasteiger partial charge is 0.358 e. The van der Waals surface area contributed by atoms with Gasteiger partial charge in [0.15, 0.2) is 5.83 Å². The van der Waals surface area contributed by atoms with Crippen molar-refractivity contribution in [2.45, 2.75) is 42.1 Å². The molecule has 0 saturated heterocycles. The van der Waals surface area contributed by atoms with Crippen molar-refractivity contribution in [3.8, 4) is 0 Å². The third kappa shape index (κ3) is 1.24. The van der Waals surface area contributed by atoms with Crippen LogP contribution in [0.3, 0.4) is 0 Å². The summed E-state index contributed by atoms with van der Waals surface area (Å²) in [6, 6.07) is 0. The van der Waals surface area contributed by atoms with Crippen LogP contribution in [0.5, 0.6) is 0 Å². The van der Waals surface area contributed by atoms with E-state index in [0.29, 0.717) is 6.92 Å². The molecule has 128 valence electrons. The molecule has 0 atom stereocenters. The van der Waals surface area contributed by atoms with Gasteiger partial charge in [0, 0.05) is 6.61 Å². The molecule has 1 fully saturated rings. The molecule has 2 aliphatic carbocycles. The summed E-state index contributed by atoms with van der Waals surface area (Å²) >= 11 is 0. The lowest BCUT2D eigenvalue weighted by Crippen LogP contribution is -2.90. The molecule has 1 nitrogen and oxygen atoms in total. The summed E-state index contributed by atoms with van der Waals surface area (Å²) in [4.78, 5) is 0. The highest BCUT2D eigenvalue weighted by Crippen LogP contribution is 2.76. The van der Waals surface area contributed by atoms with E-state index in [-0.39, 0.29) is 0 Å². The van der Waals surface area contributed by atoms with Gasteiger partial charge < -0.3 is 4.74 Å². The summed E-state index contributed by atoms with van der Waals surface area (Å²) in [6.07, 6.45) is 0. The molecule has 2 aliphatic rings. The lowest BCUT2D eigenvalue weighted by Gasteiger charge is -2.61. The van der Waals surface area contributed by atoms with Crippen LogP contribution in [0.4, 0.5) is 48.3 Å². The Morgan fingerprint density at radius 1 is 0.727 bits per heavy atom. The lowest BCUT2D eigenvalue weighted by atomic mass is 9.58. The van der Waals surface area contributed by atoms with E-state index < -0.39 is 53.2 Å². The molecule has 2 rings (SSSR count). The van der Waals surface area contributed by atoms with Gasteiger partial charge in [-0.2, -0.15) is 43.9 Å². The summed E-state index contributed by atoms with van der Waals surface area (Å²) in [5.41, 5.74) is -8.35. The van der Waals surface area contributed by atoms with Crippen LogP contribution in [0.25, 0.3) is 0 Å². The maximum Gasteiger partial charge on any atom is 0.379 e. The molecule has 0 spiro atoms. The van der Waals surface area contributed by atoms with Crippen molar-refractivity contribution in [3.05, 3.63) is 11.4 Å². The molecule has 0 aliphatic heterocycles. The predicted molar refractivity (Wildman–Crippen MR) is 47.2 cm³/mol. The van der Waals surface area contributed by atoms with Gasteiger partial charge in [0.05, 0.1) is 5.57 Å². The number of allylic oxidation sites excluding steroid dienone is 1. The van der Waals surface area contributed by atoms with E-state index in [4.69, 9.17) is 0 Å². The van der Waals surface area contributed by atoms with Crippen LogP contribution in [-0.2, 0) is 4.74 Å². The molecule has 0 N–H and O–H groups in total. The fraction of sp³-hybridized carbons (Fsp3) is 0.800. The van der Waals surface area contributed by atoms with E-state index in [1.165, 1.54) is 0 Å². The second-order valence-electron chi connectivity index (χ2n) is 4.68. The van der Waals surface area contributed by atoms with Gasteiger partial charge in [-0.3, -0.25) is 0 Å². The summed E-state index contributed by atoms with van der Waals surface area (Å²) in [5.74, 6) is -33.0. The van der Waals surface area contributed by atoms with Crippen LogP contribution >= 0.6 is 0 Å². The van der Waals surface area contributed by atoms with Gasteiger partial charge in [-0.25, -0.2) is 4.39 Å². The SMILES string of the molecule is CCOC1(C2=C(F)C(F)(F)C2(F)F)C(F)(F)C(F)(F)C1(F)F. The first kappa shape index (κ1) is 17.3. The van der Waals surface area contributed by atoms with Gasteiger partial charge in [0.2, 0.25) is 5.60 Å². The fourth-order valence-corrected chi connectivity index (χ4v) is 2.46.